The summed E-state index contributed by atoms with van der Waals surface area (Å²) in [5, 5.41) is 10.4. The summed E-state index contributed by atoms with van der Waals surface area (Å²) in [5.74, 6) is 0.868. The minimum absolute atomic E-state index is 0.592. The Morgan fingerprint density at radius 1 is 0.970 bits per heavy atom. The van der Waals surface area contributed by atoms with Crippen molar-refractivity contribution in [3.8, 4) is 17.2 Å². The van der Waals surface area contributed by atoms with Gasteiger partial charge in [-0.15, -0.1) is 0 Å². The maximum atomic E-state index is 10.4. The average molecular weight is 441 g/mol. The first-order valence-corrected chi connectivity index (χ1v) is 12.8. The average Bonchev–Trinajstić information content (AvgIpc) is 3.48. The lowest BCUT2D eigenvalue weighted by atomic mass is 9.81. The summed E-state index contributed by atoms with van der Waals surface area (Å²) in [6, 6.07) is 17.4. The normalized spacial score (nSPS) is 17.1. The fourth-order valence-corrected chi connectivity index (χ4v) is 5.37. The summed E-state index contributed by atoms with van der Waals surface area (Å²) >= 11 is 0. The molecular weight excluding hydrogens is 404 g/mol. The van der Waals surface area contributed by atoms with Crippen LogP contribution in [0.3, 0.4) is 0 Å². The van der Waals surface area contributed by atoms with E-state index in [-0.39, 0.29) is 0 Å². The number of nitriles is 1. The Balaban J connectivity index is 1.88. The molecule has 1 aromatic carbocycles. The van der Waals surface area contributed by atoms with Gasteiger partial charge >= 0.3 is 0 Å². The molecule has 1 atom stereocenters. The van der Waals surface area contributed by atoms with Gasteiger partial charge in [0.1, 0.15) is 11.2 Å². The smallest absolute Gasteiger partial charge is 0.107 e. The minimum atomic E-state index is -0.613. The van der Waals surface area contributed by atoms with Gasteiger partial charge in [0.2, 0.25) is 0 Å². The van der Waals surface area contributed by atoms with Gasteiger partial charge in [0, 0.05) is 12.1 Å². The molecule has 1 aliphatic carbocycles. The van der Waals surface area contributed by atoms with Gasteiger partial charge in [-0.1, -0.05) is 69.9 Å². The van der Waals surface area contributed by atoms with Gasteiger partial charge in [-0.25, -0.2) is 0 Å². The zero-order valence-electron chi connectivity index (χ0n) is 20.2. The predicted molar refractivity (Wildman–Crippen MR) is 134 cm³/mol. The molecule has 4 rings (SSSR count). The van der Waals surface area contributed by atoms with Gasteiger partial charge in [0.05, 0.1) is 18.0 Å². The van der Waals surface area contributed by atoms with Crippen LogP contribution < -0.4 is 0 Å². The molecule has 0 unspecified atom stereocenters. The molecule has 2 heterocycles. The first kappa shape index (κ1) is 23.3. The lowest BCUT2D eigenvalue weighted by Crippen LogP contribution is -2.26. The van der Waals surface area contributed by atoms with Crippen LogP contribution in [0.2, 0.25) is 0 Å². The summed E-state index contributed by atoms with van der Waals surface area (Å²) < 4.78 is 5.67. The maximum Gasteiger partial charge on any atom is 0.107 e. The van der Waals surface area contributed by atoms with E-state index in [1.807, 2.05) is 12.1 Å². The van der Waals surface area contributed by atoms with Crippen LogP contribution in [0, 0.1) is 11.3 Å². The van der Waals surface area contributed by atoms with E-state index in [0.717, 1.165) is 43.6 Å². The van der Waals surface area contributed by atoms with Crippen LogP contribution in [0.4, 0.5) is 0 Å². The van der Waals surface area contributed by atoms with Crippen molar-refractivity contribution in [2.75, 3.05) is 0 Å². The van der Waals surface area contributed by atoms with Gasteiger partial charge in [0.15, 0.2) is 0 Å². The van der Waals surface area contributed by atoms with Crippen molar-refractivity contribution in [2.24, 2.45) is 0 Å². The second-order valence-electron chi connectivity index (χ2n) is 9.47. The second-order valence-corrected chi connectivity index (χ2v) is 9.47. The molecule has 33 heavy (non-hydrogen) atoms. The Kier molecular flexibility index (Phi) is 7.65. The molecule has 2 aromatic heterocycles. The second kappa shape index (κ2) is 10.8. The number of nitrogens with zero attached hydrogens (tertiary/aromatic N) is 2. The molecule has 0 amide bonds. The third-order valence-electron chi connectivity index (χ3n) is 7.12. The van der Waals surface area contributed by atoms with E-state index >= 15 is 0 Å². The number of furan rings is 1. The number of fused-ring (bicyclic) bond motifs is 1. The molecule has 3 nitrogen and oxygen atoms in total. The Morgan fingerprint density at radius 2 is 1.73 bits per heavy atom. The molecule has 0 bridgehead atoms. The van der Waals surface area contributed by atoms with Crippen molar-refractivity contribution in [2.45, 2.75) is 89.9 Å². The molecule has 3 heteroatoms. The fraction of sp³-hybridized carbons (Fsp3) is 0.467. The quantitative estimate of drug-likeness (QED) is 0.286. The Morgan fingerprint density at radius 3 is 2.39 bits per heavy atom. The maximum absolute atomic E-state index is 10.4. The van der Waals surface area contributed by atoms with Crippen molar-refractivity contribution in [1.82, 2.24) is 4.98 Å². The summed E-state index contributed by atoms with van der Waals surface area (Å²) in [6.07, 6.45) is 13.2. The summed E-state index contributed by atoms with van der Waals surface area (Å²) in [5.41, 5.74) is 6.96. The number of aromatic nitrogens is 1. The van der Waals surface area contributed by atoms with Crippen molar-refractivity contribution in [1.29, 1.82) is 5.26 Å². The lowest BCUT2D eigenvalue weighted by molar-refractivity contribution is 0.437. The number of hydrogen-bond donors (Lipinski definition) is 0. The first-order valence-electron chi connectivity index (χ1n) is 12.8. The highest BCUT2D eigenvalue weighted by molar-refractivity contribution is 5.74. The Labute approximate surface area is 198 Å². The van der Waals surface area contributed by atoms with Gasteiger partial charge in [-0.2, -0.15) is 5.26 Å². The van der Waals surface area contributed by atoms with Crippen molar-refractivity contribution >= 4 is 0 Å². The fourth-order valence-electron chi connectivity index (χ4n) is 5.37. The summed E-state index contributed by atoms with van der Waals surface area (Å²) in [7, 11) is 0. The van der Waals surface area contributed by atoms with Gasteiger partial charge in [-0.05, 0) is 72.9 Å². The first-order chi connectivity index (χ1) is 16.2. The summed E-state index contributed by atoms with van der Waals surface area (Å²) in [6.45, 7) is 4.51. The van der Waals surface area contributed by atoms with E-state index in [1.165, 1.54) is 60.1 Å². The number of unbranched alkanes of at least 4 members (excludes halogenated alkanes) is 4. The number of pyridine rings is 1. The molecule has 0 N–H and O–H groups in total. The topological polar surface area (TPSA) is 49.8 Å². The molecular formula is C30H36N2O. The van der Waals surface area contributed by atoms with E-state index < -0.39 is 5.41 Å². The number of benzene rings is 1. The van der Waals surface area contributed by atoms with E-state index in [2.05, 4.69) is 50.2 Å². The third kappa shape index (κ3) is 4.91. The monoisotopic (exact) mass is 440 g/mol. The predicted octanol–water partition coefficient (Wildman–Crippen LogP) is 7.76. The minimum Gasteiger partial charge on any atom is -0.469 e. The molecule has 0 spiro atoms. The highest BCUT2D eigenvalue weighted by atomic mass is 16.3. The van der Waals surface area contributed by atoms with Crippen molar-refractivity contribution in [3.63, 3.8) is 0 Å². The van der Waals surface area contributed by atoms with Gasteiger partial charge in [0.25, 0.3) is 0 Å². The van der Waals surface area contributed by atoms with Crippen LogP contribution in [0.1, 0.15) is 87.1 Å². The van der Waals surface area contributed by atoms with Crippen LogP contribution in [-0.2, 0) is 31.1 Å². The van der Waals surface area contributed by atoms with Crippen LogP contribution in [0.15, 0.2) is 53.1 Å². The van der Waals surface area contributed by atoms with E-state index in [1.54, 1.807) is 6.26 Å². The van der Waals surface area contributed by atoms with Gasteiger partial charge < -0.3 is 4.42 Å². The Bertz CT molecular complexity index is 1080. The van der Waals surface area contributed by atoms with Crippen LogP contribution in [0.5, 0.6) is 0 Å². The molecule has 0 fully saturated rings. The van der Waals surface area contributed by atoms with E-state index in [4.69, 9.17) is 9.40 Å². The van der Waals surface area contributed by atoms with Crippen LogP contribution in [-0.4, -0.2) is 4.98 Å². The number of aryl methyl sites for hydroxylation is 1. The molecule has 0 saturated carbocycles. The number of hydrogen-bond acceptors (Lipinski definition) is 3. The Hall–Kier alpha value is -2.86. The molecule has 172 valence electrons. The van der Waals surface area contributed by atoms with Crippen LogP contribution in [0.25, 0.3) is 11.1 Å². The SMILES string of the molecule is CCCCCc1nc2c(c(-c3ccccc3)c1CCCCC)CC[C@@]2(C#N)Cc1ccco1. The molecule has 1 aliphatic rings. The molecule has 0 aliphatic heterocycles. The van der Waals surface area contributed by atoms with Crippen molar-refractivity contribution < 1.29 is 4.42 Å². The highest BCUT2D eigenvalue weighted by Crippen LogP contribution is 2.46. The summed E-state index contributed by atoms with van der Waals surface area (Å²) in [4.78, 5) is 5.33. The third-order valence-corrected chi connectivity index (χ3v) is 7.12. The van der Waals surface area contributed by atoms with E-state index in [0.29, 0.717) is 6.42 Å². The largest absolute Gasteiger partial charge is 0.469 e. The highest BCUT2D eigenvalue weighted by Gasteiger charge is 2.43. The van der Waals surface area contributed by atoms with Gasteiger partial charge in [-0.3, -0.25) is 4.98 Å². The standard InChI is InChI=1S/C30H36N2O/c1-3-5-8-16-25-27(17-9-6-4-2)32-29-26(28(25)23-13-10-7-11-14-23)18-19-30(29,22-31)21-24-15-12-20-33-24/h7,10-15,20H,3-6,8-9,16-19,21H2,1-2H3/t30-/m0/s1. The van der Waals surface area contributed by atoms with E-state index in [9.17, 15) is 5.26 Å². The molecule has 0 radical (unpaired) electrons. The zero-order valence-corrected chi connectivity index (χ0v) is 20.2. The zero-order chi connectivity index (χ0) is 23.1. The van der Waals surface area contributed by atoms with Crippen LogP contribution >= 0.6 is 0 Å². The molecule has 3 aromatic rings. The lowest BCUT2D eigenvalue weighted by Gasteiger charge is -2.24. The number of rotatable bonds is 11. The molecule has 0 saturated heterocycles. The van der Waals surface area contributed by atoms with Crippen molar-refractivity contribution in [3.05, 3.63) is 77.0 Å².